The average Bonchev–Trinajstić information content (AvgIpc) is 2.27. The Balaban J connectivity index is 0. The van der Waals surface area contributed by atoms with Crippen LogP contribution in [-0.2, 0) is 20.2 Å². The number of likely N-dealkylation sites (tertiary alicyclic amines) is 1. The summed E-state index contributed by atoms with van der Waals surface area (Å²) < 4.78 is 63.9. The van der Waals surface area contributed by atoms with Gasteiger partial charge >= 0.3 is 59.1 Å². The molecule has 0 aromatic carbocycles. The van der Waals surface area contributed by atoms with Gasteiger partial charge in [0.25, 0.3) is 0 Å². The average molecular weight is 289 g/mol. The maximum atomic E-state index is 10.7. The summed E-state index contributed by atoms with van der Waals surface area (Å²) >= 11 is 0. The number of nitrogens with zero attached hydrogens (tertiary/aromatic N) is 1. The molecule has 84 valence electrons. The zero-order valence-corrected chi connectivity index (χ0v) is 14.9. The molecule has 2 atom stereocenters. The SMILES string of the molecule is CN1C[C@@H](S(=O)(=O)[O-])[C@@H](S(=O)(=O)[O-])C1.[Na+].[Na+]. The minimum atomic E-state index is -4.74. The number of hydrogen-bond donors (Lipinski definition) is 0. The van der Waals surface area contributed by atoms with Gasteiger partial charge < -0.3 is 14.0 Å². The molecule has 0 unspecified atom stereocenters. The monoisotopic (exact) mass is 289 g/mol. The van der Waals surface area contributed by atoms with Gasteiger partial charge in [-0.25, -0.2) is 16.8 Å². The normalized spacial score (nSPS) is 26.9. The Morgan fingerprint density at radius 3 is 1.38 bits per heavy atom. The van der Waals surface area contributed by atoms with E-state index in [1.165, 1.54) is 11.9 Å². The fourth-order valence-electron chi connectivity index (χ4n) is 1.48. The summed E-state index contributed by atoms with van der Waals surface area (Å²) in [5.41, 5.74) is 0. The van der Waals surface area contributed by atoms with E-state index in [-0.39, 0.29) is 72.2 Å². The van der Waals surface area contributed by atoms with Crippen LogP contribution in [-0.4, -0.2) is 61.5 Å². The predicted molar refractivity (Wildman–Crippen MR) is 44.5 cm³/mol. The molecule has 1 saturated heterocycles. The zero-order chi connectivity index (χ0) is 11.1. The third-order valence-electron chi connectivity index (χ3n) is 2.14. The van der Waals surface area contributed by atoms with Crippen LogP contribution in [0.2, 0.25) is 0 Å². The molecule has 1 heterocycles. The second-order valence-electron chi connectivity index (χ2n) is 3.28. The standard InChI is InChI=1S/C5H11NO6S2.2Na/c1-6-2-4(13(7,8)9)5(3-6)14(10,11)12;;/h4-5H,2-3H2,1H3,(H,7,8,9)(H,10,11,12);;/q;2*+1/p-2/t4-,5+;;. The van der Waals surface area contributed by atoms with Crippen LogP contribution in [0.5, 0.6) is 0 Å². The molecule has 0 saturated carbocycles. The first kappa shape index (κ1) is 20.1. The first-order chi connectivity index (χ1) is 6.12. The Morgan fingerprint density at radius 2 is 1.19 bits per heavy atom. The summed E-state index contributed by atoms with van der Waals surface area (Å²) in [7, 11) is -8.03. The van der Waals surface area contributed by atoms with E-state index < -0.39 is 30.7 Å². The third-order valence-corrected chi connectivity index (χ3v) is 4.75. The van der Waals surface area contributed by atoms with Crippen molar-refractivity contribution in [1.29, 1.82) is 0 Å². The molecule has 16 heavy (non-hydrogen) atoms. The largest absolute Gasteiger partial charge is 1.00 e. The quantitative estimate of drug-likeness (QED) is 0.366. The topological polar surface area (TPSA) is 118 Å². The van der Waals surface area contributed by atoms with E-state index in [0.717, 1.165) is 0 Å². The van der Waals surface area contributed by atoms with Crippen LogP contribution in [0.1, 0.15) is 0 Å². The fraction of sp³-hybridized carbons (Fsp3) is 1.00. The Labute approximate surface area is 139 Å². The van der Waals surface area contributed by atoms with Crippen molar-refractivity contribution < 1.29 is 85.1 Å². The molecule has 0 amide bonds. The molecule has 1 rings (SSSR count). The van der Waals surface area contributed by atoms with E-state index >= 15 is 0 Å². The first-order valence-corrected chi connectivity index (χ1v) is 6.64. The number of hydrogen-bond acceptors (Lipinski definition) is 7. The van der Waals surface area contributed by atoms with Gasteiger partial charge in [0.1, 0.15) is 20.2 Å². The Morgan fingerprint density at radius 1 is 0.938 bits per heavy atom. The van der Waals surface area contributed by atoms with Gasteiger partial charge in [-0.2, -0.15) is 0 Å². The van der Waals surface area contributed by atoms with Crippen molar-refractivity contribution in [2.24, 2.45) is 0 Å². The van der Waals surface area contributed by atoms with Crippen molar-refractivity contribution >= 4 is 20.2 Å². The molecule has 1 fully saturated rings. The smallest absolute Gasteiger partial charge is 0.748 e. The van der Waals surface area contributed by atoms with Gasteiger partial charge in [0.2, 0.25) is 0 Å². The van der Waals surface area contributed by atoms with Gasteiger partial charge in [0, 0.05) is 13.1 Å². The van der Waals surface area contributed by atoms with E-state index in [1.807, 2.05) is 0 Å². The van der Waals surface area contributed by atoms with Gasteiger partial charge in [0.05, 0.1) is 10.5 Å². The van der Waals surface area contributed by atoms with Crippen molar-refractivity contribution in [2.75, 3.05) is 20.1 Å². The Hall–Kier alpha value is 1.78. The summed E-state index contributed by atoms with van der Waals surface area (Å²) in [4.78, 5) is 1.33. The van der Waals surface area contributed by atoms with Crippen LogP contribution >= 0.6 is 0 Å². The van der Waals surface area contributed by atoms with Crippen LogP contribution in [0, 0.1) is 0 Å². The molecule has 7 nitrogen and oxygen atoms in total. The van der Waals surface area contributed by atoms with E-state index in [9.17, 15) is 25.9 Å². The van der Waals surface area contributed by atoms with Gasteiger partial charge in [-0.3, -0.25) is 0 Å². The van der Waals surface area contributed by atoms with E-state index in [1.54, 1.807) is 0 Å². The first-order valence-electron chi connectivity index (χ1n) is 3.70. The van der Waals surface area contributed by atoms with Gasteiger partial charge in [0.15, 0.2) is 0 Å². The molecule has 0 aromatic heterocycles. The molecule has 0 aliphatic carbocycles. The van der Waals surface area contributed by atoms with Crippen molar-refractivity contribution in [3.05, 3.63) is 0 Å². The summed E-state index contributed by atoms with van der Waals surface area (Å²) in [6, 6.07) is 0. The molecule has 0 N–H and O–H groups in total. The maximum absolute atomic E-state index is 10.7. The Kier molecular flexibility index (Phi) is 8.55. The zero-order valence-electron chi connectivity index (χ0n) is 9.28. The van der Waals surface area contributed by atoms with Crippen LogP contribution < -0.4 is 59.1 Å². The molecular formula is C5H9NNa2O6S2. The van der Waals surface area contributed by atoms with Gasteiger partial charge in [-0.15, -0.1) is 0 Å². The molecule has 0 radical (unpaired) electrons. The van der Waals surface area contributed by atoms with E-state index in [2.05, 4.69) is 0 Å². The molecule has 11 heteroatoms. The van der Waals surface area contributed by atoms with Crippen molar-refractivity contribution in [3.8, 4) is 0 Å². The molecule has 0 bridgehead atoms. The van der Waals surface area contributed by atoms with Crippen LogP contribution in [0.25, 0.3) is 0 Å². The van der Waals surface area contributed by atoms with Gasteiger partial charge in [-0.1, -0.05) is 0 Å². The number of rotatable bonds is 2. The van der Waals surface area contributed by atoms with Crippen molar-refractivity contribution in [1.82, 2.24) is 4.90 Å². The predicted octanol–water partition coefficient (Wildman–Crippen LogP) is -8.23. The van der Waals surface area contributed by atoms with Crippen molar-refractivity contribution in [3.63, 3.8) is 0 Å². The summed E-state index contributed by atoms with van der Waals surface area (Å²) in [6.07, 6.45) is 0. The summed E-state index contributed by atoms with van der Waals surface area (Å²) in [6.45, 7) is -0.421. The molecule has 1 aliphatic rings. The third kappa shape index (κ3) is 5.19. The van der Waals surface area contributed by atoms with Gasteiger partial charge in [-0.05, 0) is 7.05 Å². The molecule has 1 aliphatic heterocycles. The second kappa shape index (κ2) is 6.80. The summed E-state index contributed by atoms with van der Waals surface area (Å²) in [5, 5.41) is -3.29. The second-order valence-corrected chi connectivity index (χ2v) is 6.47. The molecular weight excluding hydrogens is 280 g/mol. The van der Waals surface area contributed by atoms with E-state index in [4.69, 9.17) is 0 Å². The minimum Gasteiger partial charge on any atom is -0.748 e. The minimum absolute atomic E-state index is 0. The van der Waals surface area contributed by atoms with Crippen LogP contribution in [0.3, 0.4) is 0 Å². The molecule has 0 spiro atoms. The fourth-order valence-corrected chi connectivity index (χ4v) is 4.08. The van der Waals surface area contributed by atoms with Crippen LogP contribution in [0.4, 0.5) is 0 Å². The molecule has 0 aromatic rings. The summed E-state index contributed by atoms with van der Waals surface area (Å²) in [5.74, 6) is 0. The van der Waals surface area contributed by atoms with Crippen LogP contribution in [0.15, 0.2) is 0 Å². The Bertz CT molecular complexity index is 380. The van der Waals surface area contributed by atoms with E-state index in [0.29, 0.717) is 0 Å². The maximum Gasteiger partial charge on any atom is 1.00 e. The van der Waals surface area contributed by atoms with Crippen molar-refractivity contribution in [2.45, 2.75) is 10.5 Å².